The predicted octanol–water partition coefficient (Wildman–Crippen LogP) is 2.70. The van der Waals surface area contributed by atoms with E-state index in [2.05, 4.69) is 24.1 Å². The van der Waals surface area contributed by atoms with E-state index in [4.69, 9.17) is 5.73 Å². The van der Waals surface area contributed by atoms with E-state index < -0.39 is 0 Å². The van der Waals surface area contributed by atoms with Crippen molar-refractivity contribution in [3.63, 3.8) is 0 Å². The van der Waals surface area contributed by atoms with E-state index in [1.807, 2.05) is 24.3 Å². The number of hydrogen-bond acceptors (Lipinski definition) is 2. The summed E-state index contributed by atoms with van der Waals surface area (Å²) in [5.74, 6) is 6.42. The van der Waals surface area contributed by atoms with Crippen molar-refractivity contribution in [3.8, 4) is 11.8 Å². The second-order valence-electron chi connectivity index (χ2n) is 5.62. The van der Waals surface area contributed by atoms with Crippen molar-refractivity contribution in [2.24, 2.45) is 11.7 Å². The Hall–Kier alpha value is -1.79. The third-order valence-electron chi connectivity index (χ3n) is 4.23. The number of carbonyl (C=O) groups is 1. The second kappa shape index (κ2) is 7.85. The van der Waals surface area contributed by atoms with Crippen LogP contribution in [0, 0.1) is 17.8 Å². The molecule has 2 rings (SSSR count). The van der Waals surface area contributed by atoms with Crippen molar-refractivity contribution in [3.05, 3.63) is 35.4 Å². The fourth-order valence-corrected chi connectivity index (χ4v) is 3.00. The van der Waals surface area contributed by atoms with E-state index in [0.717, 1.165) is 18.4 Å². The van der Waals surface area contributed by atoms with Crippen LogP contribution in [0.25, 0.3) is 0 Å². The van der Waals surface area contributed by atoms with Gasteiger partial charge in [0.2, 0.25) is 0 Å². The Morgan fingerprint density at radius 2 is 2.00 bits per heavy atom. The molecule has 1 aromatic rings. The molecule has 3 heteroatoms. The highest BCUT2D eigenvalue weighted by molar-refractivity contribution is 5.94. The van der Waals surface area contributed by atoms with Crippen LogP contribution in [0.15, 0.2) is 24.3 Å². The van der Waals surface area contributed by atoms with E-state index in [0.29, 0.717) is 24.1 Å². The maximum atomic E-state index is 12.3. The third kappa shape index (κ3) is 4.34. The van der Waals surface area contributed by atoms with Gasteiger partial charge in [-0.25, -0.2) is 0 Å². The van der Waals surface area contributed by atoms with Gasteiger partial charge in [0.05, 0.1) is 6.54 Å². The summed E-state index contributed by atoms with van der Waals surface area (Å²) in [7, 11) is 0. The molecule has 0 aliphatic heterocycles. The normalized spacial score (nSPS) is 21.2. The highest BCUT2D eigenvalue weighted by atomic mass is 16.1. The topological polar surface area (TPSA) is 55.1 Å². The van der Waals surface area contributed by atoms with Gasteiger partial charge in [0.1, 0.15) is 0 Å². The number of hydrogen-bond donors (Lipinski definition) is 2. The molecule has 1 aromatic carbocycles. The maximum Gasteiger partial charge on any atom is 0.251 e. The van der Waals surface area contributed by atoms with E-state index in [9.17, 15) is 4.79 Å². The largest absolute Gasteiger partial charge is 0.349 e. The Bertz CT molecular complexity index is 524. The van der Waals surface area contributed by atoms with Gasteiger partial charge in [-0.3, -0.25) is 4.79 Å². The number of nitrogens with two attached hydrogens (primary N) is 1. The SMILES string of the molecule is CCC1CCCCC1NC(=O)c1ccc(C#CCN)cc1. The minimum absolute atomic E-state index is 0.0266. The zero-order valence-electron chi connectivity index (χ0n) is 12.7. The summed E-state index contributed by atoms with van der Waals surface area (Å²) in [6.07, 6.45) is 5.98. The van der Waals surface area contributed by atoms with E-state index in [-0.39, 0.29) is 5.91 Å². The van der Waals surface area contributed by atoms with Crippen LogP contribution in [-0.4, -0.2) is 18.5 Å². The molecule has 112 valence electrons. The summed E-state index contributed by atoms with van der Waals surface area (Å²) in [6.45, 7) is 2.56. The molecule has 0 saturated heterocycles. The van der Waals surface area contributed by atoms with Crippen LogP contribution in [0.5, 0.6) is 0 Å². The van der Waals surface area contributed by atoms with Crippen molar-refractivity contribution in [2.75, 3.05) is 6.54 Å². The van der Waals surface area contributed by atoms with Gasteiger partial charge in [0.15, 0.2) is 0 Å². The quantitative estimate of drug-likeness (QED) is 0.839. The van der Waals surface area contributed by atoms with Crippen LogP contribution in [-0.2, 0) is 0 Å². The van der Waals surface area contributed by atoms with Gasteiger partial charge in [0.25, 0.3) is 5.91 Å². The molecule has 1 aliphatic rings. The standard InChI is InChI=1S/C18H24N2O/c1-2-15-7-3-4-8-17(15)20-18(21)16-11-9-14(10-12-16)6-5-13-19/h9-12,15,17H,2-4,7-8,13,19H2,1H3,(H,20,21). The van der Waals surface area contributed by atoms with Crippen molar-refractivity contribution < 1.29 is 4.79 Å². The molecule has 21 heavy (non-hydrogen) atoms. The average Bonchev–Trinajstić information content (AvgIpc) is 2.54. The molecule has 1 fully saturated rings. The van der Waals surface area contributed by atoms with Crippen LogP contribution in [0.1, 0.15) is 54.9 Å². The van der Waals surface area contributed by atoms with Crippen molar-refractivity contribution >= 4 is 5.91 Å². The number of rotatable bonds is 3. The van der Waals surface area contributed by atoms with Gasteiger partial charge in [-0.2, -0.15) is 0 Å². The van der Waals surface area contributed by atoms with Crippen LogP contribution >= 0.6 is 0 Å². The molecule has 1 saturated carbocycles. The summed E-state index contributed by atoms with van der Waals surface area (Å²) in [6, 6.07) is 7.73. The Balaban J connectivity index is 1.99. The summed E-state index contributed by atoms with van der Waals surface area (Å²) in [4.78, 5) is 12.3. The Labute approximate surface area is 127 Å². The first kappa shape index (κ1) is 15.6. The number of benzene rings is 1. The lowest BCUT2D eigenvalue weighted by atomic mass is 9.83. The van der Waals surface area contributed by atoms with Gasteiger partial charge >= 0.3 is 0 Å². The summed E-state index contributed by atoms with van der Waals surface area (Å²) < 4.78 is 0. The van der Waals surface area contributed by atoms with Crippen LogP contribution < -0.4 is 11.1 Å². The molecule has 0 heterocycles. The monoisotopic (exact) mass is 284 g/mol. The van der Waals surface area contributed by atoms with E-state index in [1.54, 1.807) is 0 Å². The van der Waals surface area contributed by atoms with Crippen molar-refractivity contribution in [1.82, 2.24) is 5.32 Å². The van der Waals surface area contributed by atoms with Crippen molar-refractivity contribution in [1.29, 1.82) is 0 Å². The molecule has 2 unspecified atom stereocenters. The van der Waals surface area contributed by atoms with E-state index >= 15 is 0 Å². The maximum absolute atomic E-state index is 12.3. The molecule has 3 N–H and O–H groups in total. The lowest BCUT2D eigenvalue weighted by molar-refractivity contribution is 0.0904. The summed E-state index contributed by atoms with van der Waals surface area (Å²) >= 11 is 0. The summed E-state index contributed by atoms with van der Waals surface area (Å²) in [5, 5.41) is 3.20. The lowest BCUT2D eigenvalue weighted by Gasteiger charge is -2.31. The third-order valence-corrected chi connectivity index (χ3v) is 4.23. The molecule has 0 spiro atoms. The second-order valence-corrected chi connectivity index (χ2v) is 5.62. The molecule has 2 atom stereocenters. The smallest absolute Gasteiger partial charge is 0.251 e. The minimum Gasteiger partial charge on any atom is -0.349 e. The van der Waals surface area contributed by atoms with Gasteiger partial charge in [-0.05, 0) is 43.0 Å². The summed E-state index contributed by atoms with van der Waals surface area (Å²) in [5.41, 5.74) is 6.94. The Morgan fingerprint density at radius 3 is 2.67 bits per heavy atom. The van der Waals surface area contributed by atoms with Crippen molar-refractivity contribution in [2.45, 2.75) is 45.1 Å². The first-order chi connectivity index (χ1) is 10.2. The minimum atomic E-state index is 0.0266. The van der Waals surface area contributed by atoms with Crippen LogP contribution in [0.4, 0.5) is 0 Å². The predicted molar refractivity (Wildman–Crippen MR) is 85.9 cm³/mol. The molecule has 1 amide bonds. The molecular weight excluding hydrogens is 260 g/mol. The van der Waals surface area contributed by atoms with Gasteiger partial charge in [-0.15, -0.1) is 0 Å². The average molecular weight is 284 g/mol. The molecule has 3 nitrogen and oxygen atoms in total. The van der Waals surface area contributed by atoms with Gasteiger partial charge in [-0.1, -0.05) is 38.0 Å². The Kier molecular flexibility index (Phi) is 5.83. The molecule has 0 bridgehead atoms. The Morgan fingerprint density at radius 1 is 1.29 bits per heavy atom. The number of carbonyl (C=O) groups excluding carboxylic acids is 1. The van der Waals surface area contributed by atoms with Crippen LogP contribution in [0.3, 0.4) is 0 Å². The lowest BCUT2D eigenvalue weighted by Crippen LogP contribution is -2.41. The molecular formula is C18H24N2O. The zero-order valence-corrected chi connectivity index (χ0v) is 12.7. The zero-order chi connectivity index (χ0) is 15.1. The highest BCUT2D eigenvalue weighted by Crippen LogP contribution is 2.27. The fraction of sp³-hybridized carbons (Fsp3) is 0.500. The molecule has 0 aromatic heterocycles. The highest BCUT2D eigenvalue weighted by Gasteiger charge is 2.25. The first-order valence-corrected chi connectivity index (χ1v) is 7.84. The van der Waals surface area contributed by atoms with Gasteiger partial charge < -0.3 is 11.1 Å². The van der Waals surface area contributed by atoms with E-state index in [1.165, 1.54) is 19.3 Å². The molecule has 1 aliphatic carbocycles. The molecule has 0 radical (unpaired) electrons. The number of nitrogens with one attached hydrogen (secondary N) is 1. The van der Waals surface area contributed by atoms with Gasteiger partial charge in [0, 0.05) is 17.2 Å². The fourth-order valence-electron chi connectivity index (χ4n) is 3.00. The number of amides is 1. The van der Waals surface area contributed by atoms with Crippen LogP contribution in [0.2, 0.25) is 0 Å². The first-order valence-electron chi connectivity index (χ1n) is 7.84.